The van der Waals surface area contributed by atoms with Crippen LogP contribution in [0.5, 0.6) is 0 Å². The van der Waals surface area contributed by atoms with Gasteiger partial charge in [0.15, 0.2) is 0 Å². The molecule has 0 atom stereocenters. The second-order valence-electron chi connectivity index (χ2n) is 9.27. The fourth-order valence-electron chi connectivity index (χ4n) is 4.82. The number of pyridine rings is 1. The van der Waals surface area contributed by atoms with Crippen molar-refractivity contribution in [3.8, 4) is 0 Å². The van der Waals surface area contributed by atoms with Gasteiger partial charge in [-0.3, -0.25) is 9.69 Å². The first-order valence-electron chi connectivity index (χ1n) is 12.2. The minimum atomic E-state index is -0.182. The number of fused-ring (bicyclic) bond motifs is 1. The number of urea groups is 1. The number of nitrogens with one attached hydrogen (secondary N) is 2. The zero-order valence-corrected chi connectivity index (χ0v) is 21.2. The van der Waals surface area contributed by atoms with E-state index in [4.69, 9.17) is 0 Å². The fraction of sp³-hybridized carbons (Fsp3) is 0.500. The summed E-state index contributed by atoms with van der Waals surface area (Å²) in [6.45, 7) is 6.10. The summed E-state index contributed by atoms with van der Waals surface area (Å²) in [4.78, 5) is 34.3. The molecule has 0 unspecified atom stereocenters. The zero-order chi connectivity index (χ0) is 24.1. The maximum Gasteiger partial charge on any atom is 0.326 e. The number of carbonyl (C=O) groups excluding carboxylic acids is 2. The Morgan fingerprint density at radius 1 is 1.15 bits per heavy atom. The fourth-order valence-corrected chi connectivity index (χ4v) is 5.90. The van der Waals surface area contributed by atoms with Crippen LogP contribution >= 0.6 is 11.8 Å². The van der Waals surface area contributed by atoms with Gasteiger partial charge in [-0.05, 0) is 69.6 Å². The first kappa shape index (κ1) is 24.5. The van der Waals surface area contributed by atoms with Crippen molar-refractivity contribution in [2.24, 2.45) is 0 Å². The first-order chi connectivity index (χ1) is 16.4. The molecule has 2 N–H and O–H groups in total. The number of hydrogen-bond acceptors (Lipinski definition) is 5. The van der Waals surface area contributed by atoms with Crippen LogP contribution in [0.4, 0.5) is 16.2 Å². The van der Waals surface area contributed by atoms with Crippen LogP contribution in [0.25, 0.3) is 0 Å². The molecule has 1 aliphatic heterocycles. The van der Waals surface area contributed by atoms with Gasteiger partial charge in [-0.2, -0.15) is 0 Å². The van der Waals surface area contributed by atoms with E-state index in [-0.39, 0.29) is 11.9 Å². The summed E-state index contributed by atoms with van der Waals surface area (Å²) in [6.07, 6.45) is 6.48. The number of aromatic nitrogens is 1. The van der Waals surface area contributed by atoms with Crippen LogP contribution in [0.2, 0.25) is 0 Å². The van der Waals surface area contributed by atoms with Gasteiger partial charge in [-0.1, -0.05) is 19.3 Å². The number of carbonyl (C=O) groups is 2. The average Bonchev–Trinajstić information content (AvgIpc) is 2.84. The van der Waals surface area contributed by atoms with E-state index in [0.717, 1.165) is 34.3 Å². The Labute approximate surface area is 206 Å². The third-order valence-corrected chi connectivity index (χ3v) is 7.64. The molecule has 2 aliphatic rings. The van der Waals surface area contributed by atoms with Gasteiger partial charge in [-0.15, -0.1) is 11.8 Å². The second kappa shape index (κ2) is 11.2. The van der Waals surface area contributed by atoms with Gasteiger partial charge in [0.1, 0.15) is 5.03 Å². The van der Waals surface area contributed by atoms with Crippen LogP contribution in [-0.4, -0.2) is 60.3 Å². The van der Waals surface area contributed by atoms with Gasteiger partial charge in [0.25, 0.3) is 5.91 Å². The minimum Gasteiger partial charge on any atom is -0.351 e. The predicted octanol–water partition coefficient (Wildman–Crippen LogP) is 4.84. The van der Waals surface area contributed by atoms with Crippen molar-refractivity contribution in [3.05, 3.63) is 47.2 Å². The van der Waals surface area contributed by atoms with E-state index in [1.807, 2.05) is 19.9 Å². The Morgan fingerprint density at radius 2 is 1.88 bits per heavy atom. The van der Waals surface area contributed by atoms with Crippen LogP contribution in [0.1, 0.15) is 53.7 Å². The smallest absolute Gasteiger partial charge is 0.326 e. The molecule has 1 saturated carbocycles. The molecule has 2 aromatic rings. The lowest BCUT2D eigenvalue weighted by Gasteiger charge is -2.31. The number of likely N-dealkylation sites (N-methyl/N-ethyl adjacent to an activating group) is 1. The van der Waals surface area contributed by atoms with E-state index in [0.29, 0.717) is 30.4 Å². The Bertz CT molecular complexity index is 1020. The van der Waals surface area contributed by atoms with E-state index in [9.17, 15) is 9.59 Å². The van der Waals surface area contributed by atoms with Crippen molar-refractivity contribution in [1.82, 2.24) is 15.2 Å². The molecule has 1 aromatic heterocycles. The molecule has 1 aromatic carbocycles. The normalized spacial score (nSPS) is 16.3. The highest BCUT2D eigenvalue weighted by Crippen LogP contribution is 2.36. The molecular formula is C26H35N5O2S. The van der Waals surface area contributed by atoms with Crippen LogP contribution in [0.3, 0.4) is 0 Å². The Morgan fingerprint density at radius 3 is 2.62 bits per heavy atom. The Balaban J connectivity index is 1.30. The van der Waals surface area contributed by atoms with Crippen molar-refractivity contribution >= 4 is 35.1 Å². The Hall–Kier alpha value is -2.58. The maximum atomic E-state index is 13.0. The molecule has 7 nitrogen and oxygen atoms in total. The molecule has 3 amide bonds. The van der Waals surface area contributed by atoms with Crippen LogP contribution < -0.4 is 15.5 Å². The van der Waals surface area contributed by atoms with Crippen molar-refractivity contribution in [2.45, 2.75) is 57.0 Å². The largest absolute Gasteiger partial charge is 0.351 e. The van der Waals surface area contributed by atoms with E-state index in [1.165, 1.54) is 32.1 Å². The van der Waals surface area contributed by atoms with Gasteiger partial charge in [-0.25, -0.2) is 9.78 Å². The summed E-state index contributed by atoms with van der Waals surface area (Å²) in [7, 11) is 2.15. The number of hydrogen-bond donors (Lipinski definition) is 2. The lowest BCUT2D eigenvalue weighted by atomic mass is 9.94. The van der Waals surface area contributed by atoms with Crippen molar-refractivity contribution in [3.63, 3.8) is 0 Å². The first-order valence-corrected chi connectivity index (χ1v) is 13.2. The van der Waals surface area contributed by atoms with Gasteiger partial charge in [0.2, 0.25) is 0 Å². The van der Waals surface area contributed by atoms with Gasteiger partial charge in [0.05, 0.1) is 5.69 Å². The molecule has 0 radical (unpaired) electrons. The van der Waals surface area contributed by atoms with Crippen molar-refractivity contribution < 1.29 is 9.59 Å². The van der Waals surface area contributed by atoms with E-state index in [1.54, 1.807) is 40.9 Å². The van der Waals surface area contributed by atoms with Gasteiger partial charge < -0.3 is 15.5 Å². The molecule has 182 valence electrons. The molecule has 4 rings (SSSR count). The standard InChI is InChI=1S/C26H35N5O2S/c1-18-17-19(2)28-25-23(18)31(15-16-34-25)26(33)29-21-11-9-20(10-12-21)24(32)27-13-14-30(3)22-7-5-4-6-8-22/h9-12,17,22H,4-8,13-16H2,1-3H3,(H,27,32)(H,29,33). The highest BCUT2D eigenvalue weighted by molar-refractivity contribution is 7.99. The summed E-state index contributed by atoms with van der Waals surface area (Å²) < 4.78 is 0. The van der Waals surface area contributed by atoms with Gasteiger partial charge >= 0.3 is 6.03 Å². The number of amides is 3. The summed E-state index contributed by atoms with van der Waals surface area (Å²) >= 11 is 1.69. The summed E-state index contributed by atoms with van der Waals surface area (Å²) in [5, 5.41) is 6.89. The lowest BCUT2D eigenvalue weighted by molar-refractivity contribution is 0.0944. The quantitative estimate of drug-likeness (QED) is 0.618. The number of benzene rings is 1. The Kier molecular flexibility index (Phi) is 8.11. The number of aryl methyl sites for hydroxylation is 2. The summed E-state index contributed by atoms with van der Waals surface area (Å²) in [5.74, 6) is 0.722. The molecule has 1 fully saturated rings. The van der Waals surface area contributed by atoms with Crippen LogP contribution in [0.15, 0.2) is 35.4 Å². The van der Waals surface area contributed by atoms with Crippen molar-refractivity contribution in [1.29, 1.82) is 0 Å². The van der Waals surface area contributed by atoms with E-state index < -0.39 is 0 Å². The maximum absolute atomic E-state index is 13.0. The number of thioether (sulfide) groups is 1. The number of nitrogens with zero attached hydrogens (tertiary/aromatic N) is 3. The summed E-state index contributed by atoms with van der Waals surface area (Å²) in [6, 6.07) is 9.53. The summed E-state index contributed by atoms with van der Waals surface area (Å²) in [5.41, 5.74) is 4.14. The van der Waals surface area contributed by atoms with Crippen LogP contribution in [0, 0.1) is 13.8 Å². The average molecular weight is 482 g/mol. The molecule has 0 saturated heterocycles. The molecular weight excluding hydrogens is 446 g/mol. The molecule has 0 bridgehead atoms. The van der Waals surface area contributed by atoms with Crippen LogP contribution in [-0.2, 0) is 0 Å². The molecule has 2 heterocycles. The van der Waals surface area contributed by atoms with Crippen molar-refractivity contribution in [2.75, 3.05) is 42.7 Å². The molecule has 8 heteroatoms. The highest BCUT2D eigenvalue weighted by Gasteiger charge is 2.26. The van der Waals surface area contributed by atoms with E-state index >= 15 is 0 Å². The topological polar surface area (TPSA) is 77.6 Å². The number of anilines is 2. The monoisotopic (exact) mass is 481 g/mol. The predicted molar refractivity (Wildman–Crippen MR) is 139 cm³/mol. The third kappa shape index (κ3) is 5.91. The zero-order valence-electron chi connectivity index (χ0n) is 20.4. The molecule has 0 spiro atoms. The van der Waals surface area contributed by atoms with E-state index in [2.05, 4.69) is 27.6 Å². The third-order valence-electron chi connectivity index (χ3n) is 6.69. The molecule has 1 aliphatic carbocycles. The number of rotatable bonds is 6. The molecule has 34 heavy (non-hydrogen) atoms. The lowest BCUT2D eigenvalue weighted by Crippen LogP contribution is -2.39. The van der Waals surface area contributed by atoms with Gasteiger partial charge in [0, 0.05) is 48.4 Å². The minimum absolute atomic E-state index is 0.0889. The SMILES string of the molecule is Cc1cc(C)c2c(n1)SCCN2C(=O)Nc1ccc(C(=O)NCCN(C)C2CCCCC2)cc1. The highest BCUT2D eigenvalue weighted by atomic mass is 32.2. The second-order valence-corrected chi connectivity index (χ2v) is 10.4.